The molecule has 0 amide bonds. The second-order valence-electron chi connectivity index (χ2n) is 7.84. The third kappa shape index (κ3) is 5.75. The van der Waals surface area contributed by atoms with Crippen LogP contribution in [0, 0.1) is 11.8 Å². The van der Waals surface area contributed by atoms with Gasteiger partial charge in [-0.25, -0.2) is 0 Å². The number of allylic oxidation sites excluding steroid dienone is 2. The molecular formula is C26H29Cl2Zr. The normalized spacial score (nSPS) is 19.0. The quantitative estimate of drug-likeness (QED) is 0.502. The Hall–Kier alpha value is -0.617. The van der Waals surface area contributed by atoms with Crippen molar-refractivity contribution >= 4 is 12.2 Å². The maximum atomic E-state index is 2.44. The van der Waals surface area contributed by atoms with Crippen molar-refractivity contribution in [2.45, 2.75) is 51.4 Å². The minimum Gasteiger partial charge on any atom is -1.00 e. The van der Waals surface area contributed by atoms with Crippen molar-refractivity contribution in [1.82, 2.24) is 0 Å². The summed E-state index contributed by atoms with van der Waals surface area (Å²) >= 11 is 0. The summed E-state index contributed by atoms with van der Waals surface area (Å²) in [7, 11) is 0. The van der Waals surface area contributed by atoms with Crippen molar-refractivity contribution < 1.29 is 51.0 Å². The molecule has 0 fully saturated rings. The fraction of sp³-hybridized carbons (Fsp3) is 0.346. The molecule has 3 unspecified atom stereocenters. The molecule has 1 radical (unpaired) electrons. The van der Waals surface area contributed by atoms with Crippen molar-refractivity contribution in [3.05, 3.63) is 88.9 Å². The van der Waals surface area contributed by atoms with Gasteiger partial charge in [0.05, 0.1) is 0 Å². The molecular weight excluding hydrogens is 474 g/mol. The summed E-state index contributed by atoms with van der Waals surface area (Å²) in [6.45, 7) is 4.76. The van der Waals surface area contributed by atoms with Crippen molar-refractivity contribution in [2.75, 3.05) is 0 Å². The van der Waals surface area contributed by atoms with Crippen LogP contribution in [-0.4, -0.2) is 0 Å². The van der Waals surface area contributed by atoms with Crippen LogP contribution in [0.3, 0.4) is 0 Å². The summed E-state index contributed by atoms with van der Waals surface area (Å²) in [5, 5.41) is 0. The van der Waals surface area contributed by atoms with Gasteiger partial charge in [-0.2, -0.15) is 18.8 Å². The van der Waals surface area contributed by atoms with E-state index in [0.717, 1.165) is 0 Å². The molecule has 151 valence electrons. The molecule has 0 spiro atoms. The summed E-state index contributed by atoms with van der Waals surface area (Å²) in [6.07, 6.45) is 14.4. The van der Waals surface area contributed by atoms with Gasteiger partial charge in [0.2, 0.25) is 0 Å². The first-order valence-electron chi connectivity index (χ1n) is 10.2. The van der Waals surface area contributed by atoms with Gasteiger partial charge in [0.15, 0.2) is 0 Å². The third-order valence-corrected chi connectivity index (χ3v) is 6.27. The Balaban J connectivity index is 0.00000140. The van der Waals surface area contributed by atoms with Gasteiger partial charge in [0, 0.05) is 5.92 Å². The monoisotopic (exact) mass is 501 g/mol. The SMILES string of the molecule is CCC[C-](CCC1C=Cc2ccccc21)C(C)C1C=Cc2ccccc21.[Cl-].[Cl-].[Zr+3]. The molecule has 4 rings (SSSR count). The fourth-order valence-electron chi connectivity index (χ4n) is 4.79. The van der Waals surface area contributed by atoms with Crippen molar-refractivity contribution in [1.29, 1.82) is 0 Å². The molecule has 0 saturated heterocycles. The van der Waals surface area contributed by atoms with Crippen LogP contribution in [0.1, 0.15) is 73.6 Å². The molecule has 2 aliphatic rings. The summed E-state index contributed by atoms with van der Waals surface area (Å²) in [4.78, 5) is 0. The third-order valence-electron chi connectivity index (χ3n) is 6.27. The average Bonchev–Trinajstić information content (AvgIpc) is 3.29. The minimum atomic E-state index is 0. The molecule has 3 heteroatoms. The maximum absolute atomic E-state index is 2.44. The Morgan fingerprint density at radius 3 is 2.10 bits per heavy atom. The van der Waals surface area contributed by atoms with Crippen molar-refractivity contribution in [2.24, 2.45) is 5.92 Å². The minimum absolute atomic E-state index is 0. The van der Waals surface area contributed by atoms with Gasteiger partial charge in [-0.15, -0.1) is 0 Å². The van der Waals surface area contributed by atoms with E-state index in [2.05, 4.69) is 86.7 Å². The predicted octanol–water partition coefficient (Wildman–Crippen LogP) is 1.40. The van der Waals surface area contributed by atoms with Gasteiger partial charge >= 0.3 is 26.2 Å². The molecule has 0 aromatic heterocycles. The van der Waals surface area contributed by atoms with Gasteiger partial charge in [-0.3, -0.25) is 0 Å². The second-order valence-corrected chi connectivity index (χ2v) is 7.84. The van der Waals surface area contributed by atoms with E-state index < -0.39 is 0 Å². The predicted molar refractivity (Wildman–Crippen MR) is 113 cm³/mol. The zero-order valence-corrected chi connectivity index (χ0v) is 21.2. The number of hydrogen-bond acceptors (Lipinski definition) is 0. The van der Waals surface area contributed by atoms with Crippen LogP contribution in [0.25, 0.3) is 12.2 Å². The molecule has 0 nitrogen and oxygen atoms in total. The molecule has 2 aromatic carbocycles. The molecule has 0 bridgehead atoms. The second kappa shape index (κ2) is 12.3. The van der Waals surface area contributed by atoms with E-state index in [1.807, 2.05) is 0 Å². The Bertz CT molecular complexity index is 827. The van der Waals surface area contributed by atoms with Gasteiger partial charge in [-0.05, 0) is 28.2 Å². The maximum Gasteiger partial charge on any atom is 3.00 e. The van der Waals surface area contributed by atoms with Crippen LogP contribution >= 0.6 is 0 Å². The van der Waals surface area contributed by atoms with Crippen LogP contribution in [-0.2, 0) is 26.2 Å². The fourth-order valence-corrected chi connectivity index (χ4v) is 4.79. The summed E-state index contributed by atoms with van der Waals surface area (Å²) in [5.41, 5.74) is 5.85. The zero-order chi connectivity index (χ0) is 17.9. The first-order valence-corrected chi connectivity index (χ1v) is 10.2. The van der Waals surface area contributed by atoms with Crippen LogP contribution in [0.4, 0.5) is 0 Å². The van der Waals surface area contributed by atoms with E-state index in [0.29, 0.717) is 17.8 Å². The first kappa shape index (κ1) is 26.4. The average molecular weight is 504 g/mol. The Morgan fingerprint density at radius 1 is 0.828 bits per heavy atom. The van der Waals surface area contributed by atoms with Crippen molar-refractivity contribution in [3.8, 4) is 0 Å². The van der Waals surface area contributed by atoms with E-state index in [4.69, 9.17) is 0 Å². The molecule has 29 heavy (non-hydrogen) atoms. The van der Waals surface area contributed by atoms with E-state index in [1.165, 1.54) is 47.9 Å². The number of fused-ring (bicyclic) bond motifs is 2. The van der Waals surface area contributed by atoms with E-state index in [9.17, 15) is 0 Å². The number of benzene rings is 2. The van der Waals surface area contributed by atoms with Crippen LogP contribution in [0.15, 0.2) is 60.7 Å². The van der Waals surface area contributed by atoms with Gasteiger partial charge in [-0.1, -0.05) is 99.5 Å². The summed E-state index contributed by atoms with van der Waals surface area (Å²) < 4.78 is 0. The van der Waals surface area contributed by atoms with Crippen LogP contribution in [0.2, 0.25) is 0 Å². The van der Waals surface area contributed by atoms with Crippen molar-refractivity contribution in [3.63, 3.8) is 0 Å². The van der Waals surface area contributed by atoms with Gasteiger partial charge in [0.25, 0.3) is 0 Å². The largest absolute Gasteiger partial charge is 3.00 e. The van der Waals surface area contributed by atoms with Crippen LogP contribution in [0.5, 0.6) is 0 Å². The first-order chi connectivity index (χ1) is 12.8. The van der Waals surface area contributed by atoms with E-state index >= 15 is 0 Å². The molecule has 2 aliphatic carbocycles. The summed E-state index contributed by atoms with van der Waals surface area (Å²) in [5.74, 6) is 3.52. The van der Waals surface area contributed by atoms with E-state index in [-0.39, 0.29) is 51.0 Å². The molecule has 0 heterocycles. The standard InChI is InChI=1S/C26H29.2ClH.Zr/c1-3-8-20(13-14-23-16-15-21-9-4-6-11-25(21)23)19(2)24-18-17-22-10-5-7-12-26(22)24;;;/h4-7,9-12,15-19,23-24H,3,8,13-14H2,1-2H3;2*1H;/q-1;;;+3/p-2. The number of rotatable bonds is 7. The number of halogens is 2. The van der Waals surface area contributed by atoms with E-state index in [1.54, 1.807) is 5.92 Å². The van der Waals surface area contributed by atoms with Gasteiger partial charge in [0.1, 0.15) is 0 Å². The molecule has 3 atom stereocenters. The Morgan fingerprint density at radius 2 is 1.41 bits per heavy atom. The molecule has 0 saturated carbocycles. The summed E-state index contributed by atoms with van der Waals surface area (Å²) in [6, 6.07) is 17.8. The topological polar surface area (TPSA) is 0 Å². The van der Waals surface area contributed by atoms with Crippen LogP contribution < -0.4 is 24.8 Å². The smallest absolute Gasteiger partial charge is 1.00 e. The zero-order valence-electron chi connectivity index (χ0n) is 17.2. The molecule has 2 aromatic rings. The molecule has 0 aliphatic heterocycles. The van der Waals surface area contributed by atoms with Gasteiger partial charge < -0.3 is 30.7 Å². The molecule has 0 N–H and O–H groups in total. The Labute approximate surface area is 208 Å². The number of hydrogen-bond donors (Lipinski definition) is 0. The Kier molecular flexibility index (Phi) is 11.2.